The Bertz CT molecular complexity index is 387. The van der Waals surface area contributed by atoms with Crippen LogP contribution in [-0.4, -0.2) is 32.0 Å². The van der Waals surface area contributed by atoms with E-state index in [1.54, 1.807) is 18.2 Å². The number of hydrogen-bond donors (Lipinski definition) is 1. The molecule has 0 bridgehead atoms. The molecule has 1 rings (SSSR count). The number of carbonyl (C=O) groups is 1. The highest BCUT2D eigenvalue weighted by Crippen LogP contribution is 2.27. The van der Waals surface area contributed by atoms with Crippen LogP contribution >= 0.6 is 11.6 Å². The molecule has 0 aliphatic heterocycles. The molecule has 0 saturated heterocycles. The quantitative estimate of drug-likeness (QED) is 0.809. The van der Waals surface area contributed by atoms with Crippen molar-refractivity contribution in [2.45, 2.75) is 18.7 Å². The van der Waals surface area contributed by atoms with Crippen molar-refractivity contribution in [3.05, 3.63) is 23.8 Å². The van der Waals surface area contributed by atoms with Gasteiger partial charge < -0.3 is 14.8 Å². The van der Waals surface area contributed by atoms with Crippen LogP contribution in [0.1, 0.15) is 23.7 Å². The lowest BCUT2D eigenvalue weighted by atomic mass is 10.1. The maximum absolute atomic E-state index is 12.1. The van der Waals surface area contributed by atoms with Crippen molar-refractivity contribution < 1.29 is 14.3 Å². The summed E-state index contributed by atoms with van der Waals surface area (Å²) in [5.41, 5.74) is 0.391. The molecule has 0 saturated carbocycles. The molecule has 0 spiro atoms. The van der Waals surface area contributed by atoms with Crippen LogP contribution in [0.5, 0.6) is 11.5 Å². The maximum atomic E-state index is 12.1. The molecular weight excluding hydrogens is 254 g/mol. The molecule has 1 amide bonds. The molecule has 1 unspecified atom stereocenters. The number of nitrogens with one attached hydrogen (secondary N) is 1. The van der Waals surface area contributed by atoms with Crippen LogP contribution in [0.2, 0.25) is 0 Å². The molecule has 4 nitrogen and oxygen atoms in total. The van der Waals surface area contributed by atoms with E-state index in [0.29, 0.717) is 23.6 Å². The van der Waals surface area contributed by atoms with Gasteiger partial charge in [0.15, 0.2) is 0 Å². The molecule has 1 aromatic carbocycles. The fourth-order valence-electron chi connectivity index (χ4n) is 1.51. The zero-order valence-corrected chi connectivity index (χ0v) is 11.6. The third-order valence-corrected chi connectivity index (χ3v) is 3.04. The lowest BCUT2D eigenvalue weighted by molar-refractivity contribution is 0.0947. The van der Waals surface area contributed by atoms with E-state index in [2.05, 4.69) is 5.32 Å². The average Bonchev–Trinajstić information content (AvgIpc) is 2.43. The van der Waals surface area contributed by atoms with Gasteiger partial charge in [0.25, 0.3) is 5.91 Å². The highest BCUT2D eigenvalue weighted by atomic mass is 35.5. The number of rotatable bonds is 6. The Morgan fingerprint density at radius 1 is 1.33 bits per heavy atom. The molecule has 1 aromatic rings. The average molecular weight is 272 g/mol. The van der Waals surface area contributed by atoms with Gasteiger partial charge in [-0.15, -0.1) is 11.6 Å². The first-order valence-electron chi connectivity index (χ1n) is 5.77. The van der Waals surface area contributed by atoms with Crippen LogP contribution in [0, 0.1) is 0 Å². The Balaban J connectivity index is 2.89. The van der Waals surface area contributed by atoms with E-state index in [1.165, 1.54) is 14.2 Å². The monoisotopic (exact) mass is 271 g/mol. The van der Waals surface area contributed by atoms with Gasteiger partial charge in [0.1, 0.15) is 17.1 Å². The molecule has 1 N–H and O–H groups in total. The Morgan fingerprint density at radius 2 is 1.89 bits per heavy atom. The number of methoxy groups -OCH3 is 2. The topological polar surface area (TPSA) is 47.6 Å². The van der Waals surface area contributed by atoms with Crippen LogP contribution in [0.15, 0.2) is 18.2 Å². The molecule has 0 heterocycles. The van der Waals surface area contributed by atoms with Crippen molar-refractivity contribution in [1.29, 1.82) is 0 Å². The minimum Gasteiger partial charge on any atom is -0.496 e. The number of hydrogen-bond acceptors (Lipinski definition) is 3. The number of benzene rings is 1. The van der Waals surface area contributed by atoms with Gasteiger partial charge in [0.2, 0.25) is 0 Å². The second-order valence-corrected chi connectivity index (χ2v) is 4.37. The predicted octanol–water partition coefficient (Wildman–Crippen LogP) is 2.45. The fourth-order valence-corrected chi connectivity index (χ4v) is 1.59. The van der Waals surface area contributed by atoms with E-state index in [0.717, 1.165) is 6.42 Å². The van der Waals surface area contributed by atoms with Crippen molar-refractivity contribution in [2.24, 2.45) is 0 Å². The van der Waals surface area contributed by atoms with Crippen LogP contribution in [0.3, 0.4) is 0 Å². The van der Waals surface area contributed by atoms with E-state index in [1.807, 2.05) is 6.92 Å². The Hall–Kier alpha value is -1.42. The number of amides is 1. The standard InChI is InChI=1S/C13H18ClNO3/c1-4-9(14)8-15-13(16)12-10(17-2)6-5-7-11(12)18-3/h5-7,9H,4,8H2,1-3H3,(H,15,16). The van der Waals surface area contributed by atoms with Gasteiger partial charge in [-0.2, -0.15) is 0 Å². The largest absolute Gasteiger partial charge is 0.496 e. The van der Waals surface area contributed by atoms with Crippen LogP contribution < -0.4 is 14.8 Å². The Morgan fingerprint density at radius 3 is 2.33 bits per heavy atom. The first-order valence-corrected chi connectivity index (χ1v) is 6.20. The first-order chi connectivity index (χ1) is 8.63. The molecule has 0 aliphatic carbocycles. The first kappa shape index (κ1) is 14.6. The predicted molar refractivity (Wildman–Crippen MR) is 71.8 cm³/mol. The third-order valence-electron chi connectivity index (χ3n) is 2.58. The van der Waals surface area contributed by atoms with Crippen molar-refractivity contribution in [3.63, 3.8) is 0 Å². The van der Waals surface area contributed by atoms with Gasteiger partial charge in [-0.05, 0) is 18.6 Å². The van der Waals surface area contributed by atoms with Crippen molar-refractivity contribution in [1.82, 2.24) is 5.32 Å². The lowest BCUT2D eigenvalue weighted by Crippen LogP contribution is -2.30. The van der Waals surface area contributed by atoms with E-state index in [9.17, 15) is 4.79 Å². The number of carbonyl (C=O) groups excluding carboxylic acids is 1. The maximum Gasteiger partial charge on any atom is 0.258 e. The van der Waals surface area contributed by atoms with Gasteiger partial charge in [-0.1, -0.05) is 13.0 Å². The highest BCUT2D eigenvalue weighted by molar-refractivity contribution is 6.20. The lowest BCUT2D eigenvalue weighted by Gasteiger charge is -2.14. The van der Waals surface area contributed by atoms with E-state index < -0.39 is 0 Å². The summed E-state index contributed by atoms with van der Waals surface area (Å²) >= 11 is 5.97. The van der Waals surface area contributed by atoms with Gasteiger partial charge in [0, 0.05) is 6.54 Å². The van der Waals surface area contributed by atoms with Crippen molar-refractivity contribution in [3.8, 4) is 11.5 Å². The normalized spacial score (nSPS) is 11.8. The smallest absolute Gasteiger partial charge is 0.258 e. The molecule has 0 radical (unpaired) electrons. The summed E-state index contributed by atoms with van der Waals surface area (Å²) in [6, 6.07) is 5.20. The fraction of sp³-hybridized carbons (Fsp3) is 0.462. The summed E-state index contributed by atoms with van der Waals surface area (Å²) in [5, 5.41) is 2.69. The molecular formula is C13H18ClNO3. The van der Waals surface area contributed by atoms with E-state index in [4.69, 9.17) is 21.1 Å². The van der Waals surface area contributed by atoms with Crippen LogP contribution in [-0.2, 0) is 0 Å². The zero-order chi connectivity index (χ0) is 13.5. The van der Waals surface area contributed by atoms with Crippen LogP contribution in [0.4, 0.5) is 0 Å². The van der Waals surface area contributed by atoms with Gasteiger partial charge in [-0.3, -0.25) is 4.79 Å². The molecule has 1 atom stereocenters. The number of alkyl halides is 1. The molecule has 18 heavy (non-hydrogen) atoms. The van der Waals surface area contributed by atoms with Gasteiger partial charge in [-0.25, -0.2) is 0 Å². The number of ether oxygens (including phenoxy) is 2. The van der Waals surface area contributed by atoms with Crippen molar-refractivity contribution in [2.75, 3.05) is 20.8 Å². The minimum absolute atomic E-state index is 0.0744. The van der Waals surface area contributed by atoms with E-state index >= 15 is 0 Å². The van der Waals surface area contributed by atoms with Gasteiger partial charge >= 0.3 is 0 Å². The SMILES string of the molecule is CCC(Cl)CNC(=O)c1c(OC)cccc1OC. The summed E-state index contributed by atoms with van der Waals surface area (Å²) in [4.78, 5) is 12.1. The van der Waals surface area contributed by atoms with Gasteiger partial charge in [0.05, 0.1) is 19.6 Å². The van der Waals surface area contributed by atoms with Crippen molar-refractivity contribution >= 4 is 17.5 Å². The Kier molecular flexibility index (Phi) is 5.78. The van der Waals surface area contributed by atoms with Crippen LogP contribution in [0.25, 0.3) is 0 Å². The summed E-state index contributed by atoms with van der Waals surface area (Å²) in [6.45, 7) is 2.38. The van der Waals surface area contributed by atoms with E-state index in [-0.39, 0.29) is 11.3 Å². The minimum atomic E-state index is -0.247. The highest BCUT2D eigenvalue weighted by Gasteiger charge is 2.18. The molecule has 0 fully saturated rings. The Labute approximate surface area is 112 Å². The second-order valence-electron chi connectivity index (χ2n) is 3.75. The molecule has 100 valence electrons. The summed E-state index contributed by atoms with van der Waals surface area (Å²) < 4.78 is 10.3. The molecule has 5 heteroatoms. The zero-order valence-electron chi connectivity index (χ0n) is 10.8. The molecule has 0 aromatic heterocycles. The second kappa shape index (κ2) is 7.11. The number of halogens is 1. The summed E-state index contributed by atoms with van der Waals surface area (Å²) in [7, 11) is 3.03. The summed E-state index contributed by atoms with van der Waals surface area (Å²) in [5.74, 6) is 0.715. The molecule has 0 aliphatic rings. The third kappa shape index (κ3) is 3.53. The summed E-state index contributed by atoms with van der Waals surface area (Å²) in [6.07, 6.45) is 0.797.